The third-order valence-electron chi connectivity index (χ3n) is 3.15. The number of nitrogens with one attached hydrogen (secondary N) is 1. The first-order valence-corrected chi connectivity index (χ1v) is 6.49. The van der Waals surface area contributed by atoms with Crippen molar-refractivity contribution < 1.29 is 4.74 Å². The van der Waals surface area contributed by atoms with Crippen molar-refractivity contribution in [3.05, 3.63) is 22.9 Å². The van der Waals surface area contributed by atoms with E-state index in [2.05, 4.69) is 30.2 Å². The average Bonchev–Trinajstić information content (AvgIpc) is 2.35. The summed E-state index contributed by atoms with van der Waals surface area (Å²) in [5.74, 6) is 0.708. The summed E-state index contributed by atoms with van der Waals surface area (Å²) in [6.07, 6.45) is 2.03. The predicted molar refractivity (Wildman–Crippen MR) is 70.4 cm³/mol. The molecule has 1 aromatic rings. The van der Waals surface area contributed by atoms with Gasteiger partial charge in [-0.15, -0.1) is 0 Å². The zero-order chi connectivity index (χ0) is 13.1. The Morgan fingerprint density at radius 3 is 3.00 bits per heavy atom. The molecule has 1 aliphatic rings. The maximum Gasteiger partial charge on any atom is 0.144 e. The van der Waals surface area contributed by atoms with Crippen LogP contribution in [0.2, 0.25) is 0 Å². The van der Waals surface area contributed by atoms with Crippen LogP contribution in [0.15, 0.2) is 6.07 Å². The predicted octanol–water partition coefficient (Wildman–Crippen LogP) is 2.80. The molecule has 1 aromatic heterocycles. The minimum Gasteiger partial charge on any atom is -0.370 e. The minimum absolute atomic E-state index is 0.0172. The minimum atomic E-state index is 0.0172. The van der Waals surface area contributed by atoms with Crippen LogP contribution in [-0.2, 0) is 11.2 Å². The molecule has 0 saturated heterocycles. The van der Waals surface area contributed by atoms with Gasteiger partial charge in [0.2, 0.25) is 0 Å². The number of fused-ring (bicyclic) bond motifs is 1. The van der Waals surface area contributed by atoms with Gasteiger partial charge in [-0.05, 0) is 26.3 Å². The smallest absolute Gasteiger partial charge is 0.144 e. The van der Waals surface area contributed by atoms with Gasteiger partial charge in [-0.1, -0.05) is 6.92 Å². The van der Waals surface area contributed by atoms with Crippen LogP contribution >= 0.6 is 0 Å². The topological polar surface area (TPSA) is 57.9 Å². The first-order valence-electron chi connectivity index (χ1n) is 6.49. The largest absolute Gasteiger partial charge is 0.370 e. The molecule has 2 heterocycles. The van der Waals surface area contributed by atoms with Crippen LogP contribution in [0.5, 0.6) is 0 Å². The Labute approximate surface area is 108 Å². The van der Waals surface area contributed by atoms with Gasteiger partial charge < -0.3 is 10.1 Å². The molecule has 2 unspecified atom stereocenters. The van der Waals surface area contributed by atoms with Gasteiger partial charge >= 0.3 is 0 Å². The molecule has 2 atom stereocenters. The summed E-state index contributed by atoms with van der Waals surface area (Å²) in [6.45, 7) is 6.99. The molecule has 1 N–H and O–H groups in total. The fourth-order valence-corrected chi connectivity index (χ4v) is 2.29. The second-order valence-corrected chi connectivity index (χ2v) is 4.75. The number of nitrogens with zero attached hydrogens (tertiary/aromatic N) is 2. The number of rotatable bonds is 3. The molecule has 0 bridgehead atoms. The Morgan fingerprint density at radius 1 is 1.56 bits per heavy atom. The van der Waals surface area contributed by atoms with Crippen LogP contribution in [0.4, 0.5) is 5.82 Å². The summed E-state index contributed by atoms with van der Waals surface area (Å²) < 4.78 is 5.76. The van der Waals surface area contributed by atoms with Gasteiger partial charge in [-0.25, -0.2) is 4.98 Å². The Hall–Kier alpha value is -1.60. The van der Waals surface area contributed by atoms with E-state index in [1.54, 1.807) is 0 Å². The van der Waals surface area contributed by atoms with Crippen molar-refractivity contribution in [2.75, 3.05) is 11.9 Å². The average molecular weight is 245 g/mol. The van der Waals surface area contributed by atoms with Crippen LogP contribution in [0, 0.1) is 11.3 Å². The molecule has 4 heteroatoms. The Balaban J connectivity index is 2.39. The zero-order valence-corrected chi connectivity index (χ0v) is 11.2. The quantitative estimate of drug-likeness (QED) is 0.889. The number of anilines is 1. The lowest BCUT2D eigenvalue weighted by Gasteiger charge is -2.28. The first-order chi connectivity index (χ1) is 8.65. The van der Waals surface area contributed by atoms with Crippen LogP contribution in [0.25, 0.3) is 0 Å². The Bertz CT molecular complexity index is 479. The highest BCUT2D eigenvalue weighted by atomic mass is 16.5. The summed E-state index contributed by atoms with van der Waals surface area (Å²) in [4.78, 5) is 4.61. The number of aromatic nitrogens is 1. The number of hydrogen-bond acceptors (Lipinski definition) is 4. The van der Waals surface area contributed by atoms with Crippen molar-refractivity contribution >= 4 is 5.82 Å². The molecule has 1 aliphatic heterocycles. The highest BCUT2D eigenvalue weighted by molar-refractivity contribution is 5.55. The maximum absolute atomic E-state index is 9.19. The second kappa shape index (κ2) is 5.36. The van der Waals surface area contributed by atoms with Gasteiger partial charge in [0.05, 0.1) is 23.5 Å². The van der Waals surface area contributed by atoms with E-state index >= 15 is 0 Å². The van der Waals surface area contributed by atoms with Crippen molar-refractivity contribution in [2.45, 2.75) is 45.8 Å². The summed E-state index contributed by atoms with van der Waals surface area (Å²) >= 11 is 0. The molecular weight excluding hydrogens is 226 g/mol. The Kier molecular flexibility index (Phi) is 3.83. The third kappa shape index (κ3) is 2.46. The molecule has 2 rings (SSSR count). The number of pyridine rings is 1. The van der Waals surface area contributed by atoms with Crippen molar-refractivity contribution in [3.63, 3.8) is 0 Å². The standard InChI is InChI=1S/C14H19N3O/c1-4-5-16-14-11(8-15)7-12-10(3)18-9(2)6-13(12)17-14/h7,9-10H,4-6H2,1-3H3,(H,16,17). The van der Waals surface area contributed by atoms with E-state index < -0.39 is 0 Å². The molecule has 0 spiro atoms. The van der Waals surface area contributed by atoms with Crippen molar-refractivity contribution in [3.8, 4) is 6.07 Å². The summed E-state index contributed by atoms with van der Waals surface area (Å²) in [6, 6.07) is 4.12. The molecule has 0 fully saturated rings. The molecule has 0 aromatic carbocycles. The van der Waals surface area contributed by atoms with Crippen molar-refractivity contribution in [1.29, 1.82) is 5.26 Å². The number of ether oxygens (including phenoxy) is 1. The second-order valence-electron chi connectivity index (χ2n) is 4.75. The van der Waals surface area contributed by atoms with Gasteiger partial charge in [0.15, 0.2) is 0 Å². The molecule has 0 amide bonds. The van der Waals surface area contributed by atoms with Gasteiger partial charge in [0.25, 0.3) is 0 Å². The van der Waals surface area contributed by atoms with E-state index in [1.807, 2.05) is 13.0 Å². The van der Waals surface area contributed by atoms with Gasteiger partial charge in [0.1, 0.15) is 11.9 Å². The fraction of sp³-hybridized carbons (Fsp3) is 0.571. The zero-order valence-electron chi connectivity index (χ0n) is 11.2. The number of hydrogen-bond donors (Lipinski definition) is 1. The SMILES string of the molecule is CCCNc1nc2c(cc1C#N)C(C)OC(C)C2. The normalized spacial score (nSPS) is 22.1. The molecule has 0 aliphatic carbocycles. The Morgan fingerprint density at radius 2 is 2.33 bits per heavy atom. The lowest BCUT2D eigenvalue weighted by Crippen LogP contribution is -2.24. The van der Waals surface area contributed by atoms with Crippen LogP contribution in [0.3, 0.4) is 0 Å². The summed E-state index contributed by atoms with van der Waals surface area (Å²) in [5.41, 5.74) is 2.71. The highest BCUT2D eigenvalue weighted by Crippen LogP contribution is 2.31. The highest BCUT2D eigenvalue weighted by Gasteiger charge is 2.24. The van der Waals surface area contributed by atoms with E-state index in [4.69, 9.17) is 4.74 Å². The summed E-state index contributed by atoms with van der Waals surface area (Å²) in [5, 5.41) is 12.4. The summed E-state index contributed by atoms with van der Waals surface area (Å²) in [7, 11) is 0. The van der Waals surface area contributed by atoms with Crippen molar-refractivity contribution in [2.24, 2.45) is 0 Å². The van der Waals surface area contributed by atoms with Crippen LogP contribution < -0.4 is 5.32 Å². The van der Waals surface area contributed by atoms with Gasteiger partial charge in [-0.2, -0.15) is 5.26 Å². The van der Waals surface area contributed by atoms with Gasteiger partial charge in [-0.3, -0.25) is 0 Å². The van der Waals surface area contributed by atoms with Crippen LogP contribution in [0.1, 0.15) is 50.1 Å². The molecule has 0 radical (unpaired) electrons. The maximum atomic E-state index is 9.19. The molecule has 0 saturated carbocycles. The van der Waals surface area contributed by atoms with E-state index in [0.29, 0.717) is 11.4 Å². The van der Waals surface area contributed by atoms with Gasteiger partial charge in [0, 0.05) is 18.5 Å². The first kappa shape index (κ1) is 12.8. The van der Waals surface area contributed by atoms with Crippen molar-refractivity contribution in [1.82, 2.24) is 4.98 Å². The molecule has 18 heavy (non-hydrogen) atoms. The monoisotopic (exact) mass is 245 g/mol. The van der Waals surface area contributed by atoms with E-state index in [9.17, 15) is 5.26 Å². The van der Waals surface area contributed by atoms with Crippen LogP contribution in [-0.4, -0.2) is 17.6 Å². The lowest BCUT2D eigenvalue weighted by molar-refractivity contribution is -0.00589. The lowest BCUT2D eigenvalue weighted by atomic mass is 9.98. The third-order valence-corrected chi connectivity index (χ3v) is 3.15. The van der Waals surface area contributed by atoms with E-state index in [0.717, 1.165) is 30.6 Å². The number of nitriles is 1. The fourth-order valence-electron chi connectivity index (χ4n) is 2.29. The molecule has 96 valence electrons. The molecular formula is C14H19N3O. The van der Waals surface area contributed by atoms with E-state index in [-0.39, 0.29) is 12.2 Å². The van der Waals surface area contributed by atoms with E-state index in [1.165, 1.54) is 0 Å². The molecule has 4 nitrogen and oxygen atoms in total.